The lowest BCUT2D eigenvalue weighted by atomic mass is 10.2. The Hall–Kier alpha value is -3.84. The van der Waals surface area contributed by atoms with Crippen molar-refractivity contribution in [2.45, 2.75) is 40.5 Å². The first kappa shape index (κ1) is 27.2. The zero-order valence-corrected chi connectivity index (χ0v) is 23.3. The van der Waals surface area contributed by atoms with Crippen LogP contribution < -0.4 is 14.8 Å². The number of aryl methyl sites for hydroxylation is 1. The van der Waals surface area contributed by atoms with Crippen LogP contribution in [0.5, 0.6) is 17.2 Å². The number of imidazole rings is 1. The van der Waals surface area contributed by atoms with Gasteiger partial charge in [-0.25, -0.2) is 15.0 Å². The summed E-state index contributed by atoms with van der Waals surface area (Å²) in [6.45, 7) is 9.38. The van der Waals surface area contributed by atoms with Gasteiger partial charge in [-0.15, -0.1) is 0 Å². The number of benzene rings is 3. The van der Waals surface area contributed by atoms with Gasteiger partial charge in [0, 0.05) is 24.2 Å². The smallest absolute Gasteiger partial charge is 0.146 e. The monoisotopic (exact) mass is 531 g/mol. The third-order valence-electron chi connectivity index (χ3n) is 6.02. The van der Waals surface area contributed by atoms with E-state index in [-0.39, 0.29) is 0 Å². The molecule has 1 N–H and O–H groups in total. The molecule has 2 heterocycles. The Kier molecular flexibility index (Phi) is 9.02. The molecule has 0 fully saturated rings. The molecule has 5 rings (SSSR count). The Bertz CT molecular complexity index is 1520. The van der Waals surface area contributed by atoms with Crippen molar-refractivity contribution in [2.24, 2.45) is 13.0 Å². The molecule has 198 valence electrons. The number of anilines is 2. The number of nitrogens with one attached hydrogen (secondary N) is 1. The maximum Gasteiger partial charge on any atom is 0.146 e. The third-order valence-corrected chi connectivity index (χ3v) is 6.31. The number of halogens is 1. The molecular formula is C30H34ClN5O2. The molecule has 0 bridgehead atoms. The molecule has 0 saturated carbocycles. The minimum atomic E-state index is 0.478. The van der Waals surface area contributed by atoms with E-state index in [1.807, 2.05) is 66.2 Å². The quantitative estimate of drug-likeness (QED) is 0.216. The van der Waals surface area contributed by atoms with Crippen LogP contribution in [0.25, 0.3) is 21.9 Å². The van der Waals surface area contributed by atoms with Crippen LogP contribution >= 0.6 is 11.6 Å². The summed E-state index contributed by atoms with van der Waals surface area (Å²) in [5, 5.41) is 4.67. The molecule has 38 heavy (non-hydrogen) atoms. The number of aromatic nitrogens is 4. The number of ether oxygens (including phenoxy) is 2. The zero-order valence-electron chi connectivity index (χ0n) is 22.5. The van der Waals surface area contributed by atoms with Gasteiger partial charge in [0.05, 0.1) is 34.5 Å². The van der Waals surface area contributed by atoms with E-state index in [0.717, 1.165) is 45.7 Å². The molecule has 0 aliphatic heterocycles. The summed E-state index contributed by atoms with van der Waals surface area (Å²) < 4.78 is 13.7. The molecule has 0 unspecified atom stereocenters. The molecule has 5 aromatic rings. The van der Waals surface area contributed by atoms with Crippen molar-refractivity contribution in [3.8, 4) is 17.2 Å². The summed E-state index contributed by atoms with van der Waals surface area (Å²) >= 11 is 6.53. The van der Waals surface area contributed by atoms with Gasteiger partial charge < -0.3 is 19.4 Å². The van der Waals surface area contributed by atoms with Crippen molar-refractivity contribution in [3.05, 3.63) is 72.3 Å². The fourth-order valence-corrected chi connectivity index (χ4v) is 3.77. The summed E-state index contributed by atoms with van der Waals surface area (Å²) in [6.07, 6.45) is 5.55. The molecule has 0 aliphatic carbocycles. The van der Waals surface area contributed by atoms with Gasteiger partial charge >= 0.3 is 0 Å². The van der Waals surface area contributed by atoms with Crippen molar-refractivity contribution in [2.75, 3.05) is 11.9 Å². The summed E-state index contributed by atoms with van der Waals surface area (Å²) in [7, 11) is 1.96. The molecule has 2 aromatic heterocycles. The highest BCUT2D eigenvalue weighted by Crippen LogP contribution is 2.34. The highest BCUT2D eigenvalue weighted by Gasteiger charge is 2.10. The Morgan fingerprint density at radius 3 is 2.45 bits per heavy atom. The first-order valence-corrected chi connectivity index (χ1v) is 13.3. The Balaban J connectivity index is 0.000000617. The van der Waals surface area contributed by atoms with Crippen molar-refractivity contribution in [3.63, 3.8) is 0 Å². The topological polar surface area (TPSA) is 74.1 Å². The minimum Gasteiger partial charge on any atom is -0.494 e. The van der Waals surface area contributed by atoms with E-state index >= 15 is 0 Å². The van der Waals surface area contributed by atoms with E-state index in [1.54, 1.807) is 6.33 Å². The molecule has 0 atom stereocenters. The summed E-state index contributed by atoms with van der Waals surface area (Å²) in [5.74, 6) is 3.57. The van der Waals surface area contributed by atoms with Crippen LogP contribution in [0, 0.1) is 5.92 Å². The lowest BCUT2D eigenvalue weighted by Crippen LogP contribution is -1.98. The first-order valence-electron chi connectivity index (χ1n) is 12.9. The van der Waals surface area contributed by atoms with Crippen LogP contribution in [0.1, 0.15) is 40.5 Å². The molecule has 0 spiro atoms. The van der Waals surface area contributed by atoms with E-state index in [9.17, 15) is 0 Å². The van der Waals surface area contributed by atoms with Gasteiger partial charge in [-0.1, -0.05) is 45.7 Å². The average Bonchev–Trinajstić information content (AvgIpc) is 3.29. The largest absolute Gasteiger partial charge is 0.494 e. The third kappa shape index (κ3) is 6.72. The van der Waals surface area contributed by atoms with Crippen molar-refractivity contribution >= 4 is 45.0 Å². The molecule has 0 radical (unpaired) electrons. The van der Waals surface area contributed by atoms with Crippen LogP contribution in [-0.2, 0) is 7.05 Å². The second-order valence-corrected chi connectivity index (χ2v) is 9.84. The Labute approximate surface area is 228 Å². The van der Waals surface area contributed by atoms with E-state index in [0.29, 0.717) is 28.9 Å². The summed E-state index contributed by atoms with van der Waals surface area (Å²) in [4.78, 5) is 13.1. The SMILES string of the molecule is CCC(C)C.CCCOc1ccc2ncnc(Nc3ccc(Oc4ccc5c(c4)ncn5C)c(Cl)c3)c2c1. The van der Waals surface area contributed by atoms with Gasteiger partial charge in [0.2, 0.25) is 0 Å². The van der Waals surface area contributed by atoms with E-state index in [1.165, 1.54) is 12.7 Å². The fraction of sp³-hybridized carbons (Fsp3) is 0.300. The van der Waals surface area contributed by atoms with Crippen molar-refractivity contribution in [1.29, 1.82) is 0 Å². The Morgan fingerprint density at radius 2 is 1.71 bits per heavy atom. The average molecular weight is 532 g/mol. The molecular weight excluding hydrogens is 498 g/mol. The minimum absolute atomic E-state index is 0.478. The van der Waals surface area contributed by atoms with Crippen LogP contribution in [0.15, 0.2) is 67.3 Å². The van der Waals surface area contributed by atoms with Crippen LogP contribution in [0.3, 0.4) is 0 Å². The van der Waals surface area contributed by atoms with Crippen molar-refractivity contribution < 1.29 is 9.47 Å². The lowest BCUT2D eigenvalue weighted by molar-refractivity contribution is 0.318. The maximum absolute atomic E-state index is 6.53. The number of hydrogen-bond donors (Lipinski definition) is 1. The van der Waals surface area contributed by atoms with Crippen molar-refractivity contribution in [1.82, 2.24) is 19.5 Å². The number of fused-ring (bicyclic) bond motifs is 2. The van der Waals surface area contributed by atoms with E-state index in [2.05, 4.69) is 48.0 Å². The van der Waals surface area contributed by atoms with Gasteiger partial charge in [-0.2, -0.15) is 0 Å². The van der Waals surface area contributed by atoms with Gasteiger partial charge in [-0.3, -0.25) is 0 Å². The molecule has 3 aromatic carbocycles. The van der Waals surface area contributed by atoms with Gasteiger partial charge in [0.1, 0.15) is 29.4 Å². The van der Waals surface area contributed by atoms with Gasteiger partial charge in [0.25, 0.3) is 0 Å². The zero-order chi connectivity index (χ0) is 27.1. The maximum atomic E-state index is 6.53. The molecule has 7 nitrogen and oxygen atoms in total. The number of hydrogen-bond acceptors (Lipinski definition) is 6. The fourth-order valence-electron chi connectivity index (χ4n) is 3.55. The Morgan fingerprint density at radius 1 is 0.921 bits per heavy atom. The number of rotatable bonds is 8. The number of nitrogens with zero attached hydrogens (tertiary/aromatic N) is 4. The highest BCUT2D eigenvalue weighted by molar-refractivity contribution is 6.32. The van der Waals surface area contributed by atoms with Crippen LogP contribution in [0.2, 0.25) is 5.02 Å². The molecule has 0 saturated heterocycles. The standard InChI is InChI=1S/C25H22ClN5O2.C5H12/c1-3-10-32-17-5-7-21-19(12-17)25(28-14-27-21)30-16-4-9-24(20(26)11-16)33-18-6-8-23-22(13-18)29-15-31(23)2;1-4-5(2)3/h4-9,11-15H,3,10H2,1-2H3,(H,27,28,30);5H,4H2,1-3H3. The van der Waals surface area contributed by atoms with E-state index in [4.69, 9.17) is 21.1 Å². The second kappa shape index (κ2) is 12.6. The van der Waals surface area contributed by atoms with Gasteiger partial charge in [-0.05, 0) is 60.9 Å². The predicted octanol–water partition coefficient (Wildman–Crippen LogP) is 8.55. The second-order valence-electron chi connectivity index (χ2n) is 9.43. The highest BCUT2D eigenvalue weighted by atomic mass is 35.5. The summed E-state index contributed by atoms with van der Waals surface area (Å²) in [5.41, 5.74) is 3.51. The predicted molar refractivity (Wildman–Crippen MR) is 156 cm³/mol. The van der Waals surface area contributed by atoms with Crippen LogP contribution in [-0.4, -0.2) is 26.1 Å². The normalized spacial score (nSPS) is 10.9. The van der Waals surface area contributed by atoms with Crippen LogP contribution in [0.4, 0.5) is 11.5 Å². The summed E-state index contributed by atoms with van der Waals surface area (Å²) in [6, 6.07) is 17.1. The lowest BCUT2D eigenvalue weighted by Gasteiger charge is -2.12. The van der Waals surface area contributed by atoms with Gasteiger partial charge in [0.15, 0.2) is 0 Å². The molecule has 0 amide bonds. The first-order chi connectivity index (χ1) is 18.4. The van der Waals surface area contributed by atoms with E-state index < -0.39 is 0 Å². The molecule has 0 aliphatic rings. The molecule has 8 heteroatoms.